The standard InChI is InChI=1S/C17H15BrN2O2/c1-19-16(21)15-10-11-5-2-3-8-14(11)20(15)17(22)12-6-4-7-13(18)9-12/h2-9,15H,10H2,1H3,(H,19,21). The molecule has 112 valence electrons. The summed E-state index contributed by atoms with van der Waals surface area (Å²) in [6.45, 7) is 0. The van der Waals surface area contributed by atoms with Crippen molar-refractivity contribution in [1.29, 1.82) is 0 Å². The molecule has 2 amide bonds. The van der Waals surface area contributed by atoms with E-state index in [4.69, 9.17) is 0 Å². The second kappa shape index (κ2) is 5.93. The SMILES string of the molecule is CNC(=O)C1Cc2ccccc2N1C(=O)c1cccc(Br)c1. The quantitative estimate of drug-likeness (QED) is 0.897. The molecule has 0 saturated heterocycles. The Hall–Kier alpha value is -2.14. The summed E-state index contributed by atoms with van der Waals surface area (Å²) in [5.41, 5.74) is 2.38. The van der Waals surface area contributed by atoms with E-state index in [1.807, 2.05) is 36.4 Å². The van der Waals surface area contributed by atoms with E-state index in [2.05, 4.69) is 21.2 Å². The van der Waals surface area contributed by atoms with Crippen LogP contribution in [0.1, 0.15) is 15.9 Å². The van der Waals surface area contributed by atoms with Gasteiger partial charge in [0.25, 0.3) is 5.91 Å². The third kappa shape index (κ3) is 2.52. The van der Waals surface area contributed by atoms with Crippen molar-refractivity contribution in [3.8, 4) is 0 Å². The Kier molecular flexibility index (Phi) is 3.98. The van der Waals surface area contributed by atoms with Gasteiger partial charge in [0.15, 0.2) is 0 Å². The van der Waals surface area contributed by atoms with Gasteiger partial charge >= 0.3 is 0 Å². The number of halogens is 1. The van der Waals surface area contributed by atoms with Gasteiger partial charge in [-0.15, -0.1) is 0 Å². The minimum Gasteiger partial charge on any atom is -0.357 e. The van der Waals surface area contributed by atoms with Crippen molar-refractivity contribution in [2.75, 3.05) is 11.9 Å². The molecule has 1 aliphatic rings. The Balaban J connectivity index is 2.04. The van der Waals surface area contributed by atoms with Gasteiger partial charge in [-0.3, -0.25) is 14.5 Å². The van der Waals surface area contributed by atoms with Crippen molar-refractivity contribution >= 4 is 33.4 Å². The van der Waals surface area contributed by atoms with Gasteiger partial charge in [0.1, 0.15) is 6.04 Å². The first-order valence-electron chi connectivity index (χ1n) is 7.00. The summed E-state index contributed by atoms with van der Waals surface area (Å²) in [4.78, 5) is 26.7. The molecule has 22 heavy (non-hydrogen) atoms. The number of rotatable bonds is 2. The van der Waals surface area contributed by atoms with Crippen LogP contribution in [0.4, 0.5) is 5.69 Å². The number of amides is 2. The maximum absolute atomic E-state index is 12.9. The van der Waals surface area contributed by atoms with Crippen LogP contribution in [0, 0.1) is 0 Å². The molecule has 2 aromatic carbocycles. The van der Waals surface area contributed by atoms with E-state index < -0.39 is 6.04 Å². The number of likely N-dealkylation sites (N-methyl/N-ethyl adjacent to an activating group) is 1. The van der Waals surface area contributed by atoms with Crippen LogP contribution in [0.5, 0.6) is 0 Å². The lowest BCUT2D eigenvalue weighted by Gasteiger charge is -2.24. The van der Waals surface area contributed by atoms with E-state index in [1.54, 1.807) is 24.1 Å². The molecule has 1 aliphatic heterocycles. The summed E-state index contributed by atoms with van der Waals surface area (Å²) >= 11 is 3.38. The van der Waals surface area contributed by atoms with Crippen molar-refractivity contribution in [2.24, 2.45) is 0 Å². The molecule has 0 radical (unpaired) electrons. The molecule has 0 aromatic heterocycles. The van der Waals surface area contributed by atoms with Gasteiger partial charge < -0.3 is 5.32 Å². The fraction of sp³-hybridized carbons (Fsp3) is 0.176. The monoisotopic (exact) mass is 358 g/mol. The maximum Gasteiger partial charge on any atom is 0.259 e. The highest BCUT2D eigenvalue weighted by Crippen LogP contribution is 2.33. The van der Waals surface area contributed by atoms with E-state index in [9.17, 15) is 9.59 Å². The smallest absolute Gasteiger partial charge is 0.259 e. The molecule has 1 heterocycles. The Labute approximate surface area is 137 Å². The average Bonchev–Trinajstić information content (AvgIpc) is 2.92. The van der Waals surface area contributed by atoms with Gasteiger partial charge in [0.05, 0.1) is 0 Å². The van der Waals surface area contributed by atoms with Crippen LogP contribution in [0.15, 0.2) is 53.0 Å². The van der Waals surface area contributed by atoms with E-state index in [1.165, 1.54) is 0 Å². The number of carbonyl (C=O) groups is 2. The molecule has 0 spiro atoms. The molecule has 0 bridgehead atoms. The van der Waals surface area contributed by atoms with Crippen molar-refractivity contribution in [1.82, 2.24) is 5.32 Å². The first-order chi connectivity index (χ1) is 10.6. The van der Waals surface area contributed by atoms with Crippen LogP contribution in [0.25, 0.3) is 0 Å². The third-order valence-electron chi connectivity index (χ3n) is 3.82. The Morgan fingerprint density at radius 2 is 1.95 bits per heavy atom. The van der Waals surface area contributed by atoms with Crippen molar-refractivity contribution in [3.05, 3.63) is 64.1 Å². The fourth-order valence-electron chi connectivity index (χ4n) is 2.77. The lowest BCUT2D eigenvalue weighted by molar-refractivity contribution is -0.121. The Bertz CT molecular complexity index is 745. The minimum absolute atomic E-state index is 0.153. The molecular formula is C17H15BrN2O2. The summed E-state index contributed by atoms with van der Waals surface area (Å²) in [5, 5.41) is 2.65. The number of para-hydroxylation sites is 1. The maximum atomic E-state index is 12.9. The van der Waals surface area contributed by atoms with E-state index in [0.29, 0.717) is 12.0 Å². The number of hydrogen-bond acceptors (Lipinski definition) is 2. The van der Waals surface area contributed by atoms with Crippen molar-refractivity contribution in [2.45, 2.75) is 12.5 Å². The number of nitrogens with one attached hydrogen (secondary N) is 1. The second-order valence-corrected chi connectivity index (χ2v) is 6.06. The first kappa shape index (κ1) is 14.8. The van der Waals surface area contributed by atoms with Gasteiger partial charge in [0.2, 0.25) is 5.91 Å². The van der Waals surface area contributed by atoms with Crippen LogP contribution < -0.4 is 10.2 Å². The molecule has 1 atom stereocenters. The number of hydrogen-bond donors (Lipinski definition) is 1. The zero-order valence-electron chi connectivity index (χ0n) is 12.0. The number of anilines is 1. The largest absolute Gasteiger partial charge is 0.357 e. The van der Waals surface area contributed by atoms with Crippen LogP contribution in [0.3, 0.4) is 0 Å². The average molecular weight is 359 g/mol. The summed E-state index contributed by atoms with van der Waals surface area (Å²) < 4.78 is 0.835. The number of fused-ring (bicyclic) bond motifs is 1. The van der Waals surface area contributed by atoms with E-state index >= 15 is 0 Å². The first-order valence-corrected chi connectivity index (χ1v) is 7.79. The molecule has 2 aromatic rings. The van der Waals surface area contributed by atoms with Crippen molar-refractivity contribution in [3.63, 3.8) is 0 Å². The number of nitrogens with zero attached hydrogens (tertiary/aromatic N) is 1. The lowest BCUT2D eigenvalue weighted by atomic mass is 10.1. The van der Waals surface area contributed by atoms with Crippen LogP contribution in [-0.4, -0.2) is 24.9 Å². The van der Waals surface area contributed by atoms with Crippen molar-refractivity contribution < 1.29 is 9.59 Å². The van der Waals surface area contributed by atoms with Gasteiger partial charge in [-0.1, -0.05) is 40.2 Å². The van der Waals surface area contributed by atoms with Crippen LogP contribution >= 0.6 is 15.9 Å². The molecule has 1 unspecified atom stereocenters. The fourth-order valence-corrected chi connectivity index (χ4v) is 3.17. The number of carbonyl (C=O) groups excluding carboxylic acids is 2. The molecular weight excluding hydrogens is 344 g/mol. The van der Waals surface area contributed by atoms with Crippen LogP contribution in [0.2, 0.25) is 0 Å². The summed E-state index contributed by atoms with van der Waals surface area (Å²) in [7, 11) is 1.59. The highest BCUT2D eigenvalue weighted by atomic mass is 79.9. The topological polar surface area (TPSA) is 49.4 Å². The van der Waals surface area contributed by atoms with Gasteiger partial charge in [-0.05, 0) is 29.8 Å². The van der Waals surface area contributed by atoms with Gasteiger partial charge in [0, 0.05) is 29.2 Å². The molecule has 0 aliphatic carbocycles. The third-order valence-corrected chi connectivity index (χ3v) is 4.31. The van der Waals surface area contributed by atoms with Gasteiger partial charge in [-0.25, -0.2) is 0 Å². The predicted octanol–water partition coefficient (Wildman–Crippen LogP) is 2.77. The molecule has 0 saturated carbocycles. The Morgan fingerprint density at radius 3 is 2.68 bits per heavy atom. The summed E-state index contributed by atoms with van der Waals surface area (Å²) in [6, 6.07) is 14.3. The van der Waals surface area contributed by atoms with Crippen LogP contribution in [-0.2, 0) is 11.2 Å². The normalized spacial score (nSPS) is 16.3. The second-order valence-electron chi connectivity index (χ2n) is 5.15. The highest BCUT2D eigenvalue weighted by molar-refractivity contribution is 9.10. The zero-order valence-corrected chi connectivity index (χ0v) is 13.6. The lowest BCUT2D eigenvalue weighted by Crippen LogP contribution is -2.47. The molecule has 0 fully saturated rings. The summed E-state index contributed by atoms with van der Waals surface area (Å²) in [5.74, 6) is -0.320. The molecule has 4 nitrogen and oxygen atoms in total. The summed E-state index contributed by atoms with van der Waals surface area (Å²) in [6.07, 6.45) is 0.537. The van der Waals surface area contributed by atoms with Gasteiger partial charge in [-0.2, -0.15) is 0 Å². The minimum atomic E-state index is -0.506. The van der Waals surface area contributed by atoms with E-state index in [0.717, 1.165) is 15.7 Å². The molecule has 3 rings (SSSR count). The molecule has 1 N–H and O–H groups in total. The predicted molar refractivity (Wildman–Crippen MR) is 89.0 cm³/mol. The number of benzene rings is 2. The Morgan fingerprint density at radius 1 is 1.18 bits per heavy atom. The highest BCUT2D eigenvalue weighted by Gasteiger charge is 2.38. The zero-order chi connectivity index (χ0) is 15.7. The van der Waals surface area contributed by atoms with E-state index in [-0.39, 0.29) is 11.8 Å². The molecule has 5 heteroatoms.